The number of nitrogens with zero attached hydrogens (tertiary/aromatic N) is 1. The third kappa shape index (κ3) is 3.85. The molecule has 0 N–H and O–H groups in total. The third-order valence-electron chi connectivity index (χ3n) is 4.93. The minimum absolute atomic E-state index is 0.163. The van der Waals surface area contributed by atoms with Crippen molar-refractivity contribution >= 4 is 6.09 Å². The van der Waals surface area contributed by atoms with E-state index in [1.165, 1.54) is 0 Å². The number of likely N-dealkylation sites (tertiary alicyclic amines) is 1. The molecular weight excluding hydrogens is 294 g/mol. The van der Waals surface area contributed by atoms with Gasteiger partial charge in [-0.1, -0.05) is 44.2 Å². The summed E-state index contributed by atoms with van der Waals surface area (Å²) in [5.74, 6) is 0. The number of methoxy groups -OCH3 is 2. The summed E-state index contributed by atoms with van der Waals surface area (Å²) in [6, 6.07) is 9.70. The average molecular weight is 321 g/mol. The molecule has 0 spiro atoms. The van der Waals surface area contributed by atoms with Crippen LogP contribution in [-0.4, -0.2) is 51.5 Å². The number of hydrogen-bond acceptors (Lipinski definition) is 4. The Morgan fingerprint density at radius 3 is 2.04 bits per heavy atom. The molecule has 5 heteroatoms. The van der Waals surface area contributed by atoms with E-state index in [-0.39, 0.29) is 23.5 Å². The molecule has 1 saturated heterocycles. The van der Waals surface area contributed by atoms with Gasteiger partial charge in [0, 0.05) is 38.1 Å². The summed E-state index contributed by atoms with van der Waals surface area (Å²) < 4.78 is 16.2. The zero-order valence-corrected chi connectivity index (χ0v) is 14.5. The lowest BCUT2D eigenvalue weighted by Crippen LogP contribution is -2.43. The first-order valence-corrected chi connectivity index (χ1v) is 7.88. The van der Waals surface area contributed by atoms with Crippen molar-refractivity contribution in [3.05, 3.63) is 35.9 Å². The van der Waals surface area contributed by atoms with E-state index in [9.17, 15) is 4.79 Å². The summed E-state index contributed by atoms with van der Waals surface area (Å²) in [5, 5.41) is 0. The highest BCUT2D eigenvalue weighted by Gasteiger charge is 2.53. The van der Waals surface area contributed by atoms with Crippen LogP contribution < -0.4 is 0 Å². The molecule has 1 heterocycles. The van der Waals surface area contributed by atoms with E-state index in [0.717, 1.165) is 5.56 Å². The number of hydrogen-bond donors (Lipinski definition) is 0. The number of ether oxygens (including phenoxy) is 3. The van der Waals surface area contributed by atoms with Crippen molar-refractivity contribution in [2.75, 3.05) is 40.5 Å². The molecular formula is C18H27NO4. The number of rotatable bonds is 6. The zero-order valence-electron chi connectivity index (χ0n) is 14.5. The fraction of sp³-hybridized carbons (Fsp3) is 0.611. The quantitative estimate of drug-likeness (QED) is 0.808. The molecule has 23 heavy (non-hydrogen) atoms. The van der Waals surface area contributed by atoms with E-state index in [1.54, 1.807) is 19.1 Å². The van der Waals surface area contributed by atoms with Crippen LogP contribution in [0.4, 0.5) is 4.79 Å². The van der Waals surface area contributed by atoms with Crippen LogP contribution in [0.1, 0.15) is 19.4 Å². The van der Waals surface area contributed by atoms with Gasteiger partial charge in [-0.15, -0.1) is 0 Å². The fourth-order valence-electron chi connectivity index (χ4n) is 3.30. The van der Waals surface area contributed by atoms with Crippen molar-refractivity contribution in [3.8, 4) is 0 Å². The van der Waals surface area contributed by atoms with Crippen molar-refractivity contribution in [1.82, 2.24) is 4.90 Å². The van der Waals surface area contributed by atoms with Crippen LogP contribution in [0.5, 0.6) is 0 Å². The summed E-state index contributed by atoms with van der Waals surface area (Å²) >= 11 is 0. The maximum atomic E-state index is 12.4. The molecule has 5 nitrogen and oxygen atoms in total. The number of carbonyl (C=O) groups is 1. The van der Waals surface area contributed by atoms with E-state index in [0.29, 0.717) is 26.3 Å². The highest BCUT2D eigenvalue weighted by Crippen LogP contribution is 2.46. The summed E-state index contributed by atoms with van der Waals surface area (Å²) in [5.41, 5.74) is 0.659. The van der Waals surface area contributed by atoms with Crippen LogP contribution in [0, 0.1) is 10.8 Å². The topological polar surface area (TPSA) is 48.0 Å². The van der Waals surface area contributed by atoms with Gasteiger partial charge in [0.15, 0.2) is 0 Å². The second-order valence-electron chi connectivity index (χ2n) is 6.88. The average Bonchev–Trinajstić information content (AvgIpc) is 2.78. The summed E-state index contributed by atoms with van der Waals surface area (Å²) in [6.07, 6.45) is -0.281. The van der Waals surface area contributed by atoms with E-state index < -0.39 is 0 Å². The highest BCUT2D eigenvalue weighted by molar-refractivity contribution is 5.68. The molecule has 1 aliphatic heterocycles. The van der Waals surface area contributed by atoms with E-state index in [1.807, 2.05) is 30.3 Å². The Bertz CT molecular complexity index is 501. The number of benzene rings is 1. The van der Waals surface area contributed by atoms with Gasteiger partial charge in [0.2, 0.25) is 0 Å². The number of carbonyl (C=O) groups excluding carboxylic acids is 1. The zero-order chi connectivity index (χ0) is 16.9. The van der Waals surface area contributed by atoms with Gasteiger partial charge in [-0.05, 0) is 5.56 Å². The Labute approximate surface area is 138 Å². The van der Waals surface area contributed by atoms with Crippen LogP contribution in [0.2, 0.25) is 0 Å². The van der Waals surface area contributed by atoms with Crippen molar-refractivity contribution in [2.45, 2.75) is 20.5 Å². The molecule has 1 aromatic carbocycles. The summed E-state index contributed by atoms with van der Waals surface area (Å²) in [6.45, 7) is 6.94. The molecule has 0 unspecified atom stereocenters. The van der Waals surface area contributed by atoms with Crippen molar-refractivity contribution in [3.63, 3.8) is 0 Å². The molecule has 128 valence electrons. The summed E-state index contributed by atoms with van der Waals surface area (Å²) in [7, 11) is 3.38. The maximum Gasteiger partial charge on any atom is 0.410 e. The minimum atomic E-state index is -0.281. The Morgan fingerprint density at radius 2 is 1.57 bits per heavy atom. The van der Waals surface area contributed by atoms with Gasteiger partial charge in [-0.3, -0.25) is 0 Å². The maximum absolute atomic E-state index is 12.4. The van der Waals surface area contributed by atoms with Crippen LogP contribution in [0.3, 0.4) is 0 Å². The van der Waals surface area contributed by atoms with Crippen LogP contribution in [0.25, 0.3) is 0 Å². The van der Waals surface area contributed by atoms with Crippen molar-refractivity contribution < 1.29 is 19.0 Å². The van der Waals surface area contributed by atoms with E-state index in [4.69, 9.17) is 14.2 Å². The smallest absolute Gasteiger partial charge is 0.410 e. The molecule has 2 rings (SSSR count). The minimum Gasteiger partial charge on any atom is -0.445 e. The lowest BCUT2D eigenvalue weighted by Gasteiger charge is -2.38. The van der Waals surface area contributed by atoms with Gasteiger partial charge in [0.25, 0.3) is 0 Å². The lowest BCUT2D eigenvalue weighted by atomic mass is 9.69. The summed E-state index contributed by atoms with van der Waals surface area (Å²) in [4.78, 5) is 14.2. The fourth-order valence-corrected chi connectivity index (χ4v) is 3.30. The van der Waals surface area contributed by atoms with Crippen LogP contribution in [0.15, 0.2) is 30.3 Å². The predicted octanol–water partition coefficient (Wildman–Crippen LogP) is 2.94. The standard InChI is InChI=1S/C18H27NO4/c1-17(13-21-3)11-19(12-18(17,2)14-22-4)16(20)23-10-15-8-6-5-7-9-15/h5-9H,10-14H2,1-4H3/t17-,18+. The van der Waals surface area contributed by atoms with Gasteiger partial charge in [0.05, 0.1) is 13.2 Å². The van der Waals surface area contributed by atoms with Crippen LogP contribution >= 0.6 is 0 Å². The predicted molar refractivity (Wildman–Crippen MR) is 88.2 cm³/mol. The van der Waals surface area contributed by atoms with Gasteiger partial charge >= 0.3 is 6.09 Å². The molecule has 0 saturated carbocycles. The SMILES string of the molecule is COC[C@@]1(C)CN(C(=O)OCc2ccccc2)C[C@@]1(C)COC. The Balaban J connectivity index is 2.01. The van der Waals surface area contributed by atoms with Crippen LogP contribution in [-0.2, 0) is 20.8 Å². The molecule has 2 atom stereocenters. The second kappa shape index (κ2) is 7.32. The van der Waals surface area contributed by atoms with Gasteiger partial charge in [-0.25, -0.2) is 4.79 Å². The van der Waals surface area contributed by atoms with Crippen molar-refractivity contribution in [2.24, 2.45) is 10.8 Å². The van der Waals surface area contributed by atoms with E-state index >= 15 is 0 Å². The first kappa shape index (κ1) is 17.8. The van der Waals surface area contributed by atoms with Crippen molar-refractivity contribution in [1.29, 1.82) is 0 Å². The molecule has 1 aromatic rings. The molecule has 1 fully saturated rings. The number of amides is 1. The van der Waals surface area contributed by atoms with Gasteiger partial charge in [-0.2, -0.15) is 0 Å². The first-order valence-electron chi connectivity index (χ1n) is 7.88. The monoisotopic (exact) mass is 321 g/mol. The van der Waals surface area contributed by atoms with Gasteiger partial charge < -0.3 is 19.1 Å². The Kier molecular flexibility index (Phi) is 5.65. The molecule has 0 radical (unpaired) electrons. The Morgan fingerprint density at radius 1 is 1.04 bits per heavy atom. The lowest BCUT2D eigenvalue weighted by molar-refractivity contribution is -0.0201. The Hall–Kier alpha value is -1.59. The van der Waals surface area contributed by atoms with Gasteiger partial charge in [0.1, 0.15) is 6.61 Å². The molecule has 1 aliphatic rings. The molecule has 0 bridgehead atoms. The highest BCUT2D eigenvalue weighted by atomic mass is 16.6. The normalized spacial score (nSPS) is 27.2. The third-order valence-corrected chi connectivity index (χ3v) is 4.93. The molecule has 1 amide bonds. The first-order chi connectivity index (χ1) is 10.9. The molecule has 0 aliphatic carbocycles. The molecule has 0 aromatic heterocycles. The largest absolute Gasteiger partial charge is 0.445 e. The second-order valence-corrected chi connectivity index (χ2v) is 6.88. The van der Waals surface area contributed by atoms with E-state index in [2.05, 4.69) is 13.8 Å².